The third-order valence-corrected chi connectivity index (χ3v) is 4.75. The molecule has 126 valence electrons. The van der Waals surface area contributed by atoms with Gasteiger partial charge in [-0.15, -0.1) is 0 Å². The number of aliphatic carboxylic acids is 1. The van der Waals surface area contributed by atoms with Crippen molar-refractivity contribution in [2.75, 3.05) is 13.1 Å². The molecule has 3 rings (SSSR count). The molecular formula is C18H18ClNO4. The number of carbonyl (C=O) groups is 2. The molecule has 0 unspecified atom stereocenters. The van der Waals surface area contributed by atoms with Crippen molar-refractivity contribution in [2.45, 2.75) is 18.8 Å². The lowest BCUT2D eigenvalue weighted by molar-refractivity contribution is -0.141. The second kappa shape index (κ2) is 7.09. The molecule has 1 N–H and O–H groups in total. The molecule has 5 nitrogen and oxygen atoms in total. The Labute approximate surface area is 144 Å². The van der Waals surface area contributed by atoms with Gasteiger partial charge in [-0.3, -0.25) is 9.59 Å². The van der Waals surface area contributed by atoms with Gasteiger partial charge < -0.3 is 14.4 Å². The lowest BCUT2D eigenvalue weighted by atomic mass is 9.89. The van der Waals surface area contributed by atoms with Gasteiger partial charge in [0.25, 0.3) is 0 Å². The van der Waals surface area contributed by atoms with Crippen LogP contribution in [0.4, 0.5) is 0 Å². The van der Waals surface area contributed by atoms with Crippen molar-refractivity contribution >= 4 is 23.5 Å². The van der Waals surface area contributed by atoms with Gasteiger partial charge in [0.2, 0.25) is 5.91 Å². The number of aryl methyl sites for hydroxylation is 1. The summed E-state index contributed by atoms with van der Waals surface area (Å²) in [7, 11) is 0. The lowest BCUT2D eigenvalue weighted by Crippen LogP contribution is -2.30. The zero-order chi connectivity index (χ0) is 17.1. The summed E-state index contributed by atoms with van der Waals surface area (Å²) in [5, 5.41) is 10.1. The maximum absolute atomic E-state index is 12.4. The number of carboxylic acids is 1. The number of likely N-dealkylation sites (tertiary alicyclic amines) is 1. The number of furan rings is 1. The van der Waals surface area contributed by atoms with Crippen LogP contribution in [0.5, 0.6) is 0 Å². The number of halogens is 1. The first-order valence-corrected chi connectivity index (χ1v) is 8.19. The van der Waals surface area contributed by atoms with Crippen molar-refractivity contribution in [1.82, 2.24) is 4.90 Å². The minimum absolute atomic E-state index is 0.0288. The average Bonchev–Trinajstić information content (AvgIpc) is 3.23. The Balaban J connectivity index is 1.68. The summed E-state index contributed by atoms with van der Waals surface area (Å²) >= 11 is 5.90. The number of carboxylic acid groups (broad SMARTS) is 1. The van der Waals surface area contributed by atoms with Gasteiger partial charge in [0.1, 0.15) is 0 Å². The Hall–Kier alpha value is -2.27. The van der Waals surface area contributed by atoms with Crippen molar-refractivity contribution in [3.63, 3.8) is 0 Å². The molecule has 0 saturated carbocycles. The Bertz CT molecular complexity index is 711. The van der Waals surface area contributed by atoms with Crippen LogP contribution in [0.25, 0.3) is 0 Å². The molecule has 0 bridgehead atoms. The normalized spacial score (nSPS) is 20.3. The van der Waals surface area contributed by atoms with E-state index in [0.29, 0.717) is 24.4 Å². The van der Waals surface area contributed by atoms with Gasteiger partial charge in [-0.25, -0.2) is 0 Å². The molecular weight excluding hydrogens is 330 g/mol. The minimum Gasteiger partial charge on any atom is -0.481 e. The number of hydrogen-bond acceptors (Lipinski definition) is 3. The molecule has 6 heteroatoms. The van der Waals surface area contributed by atoms with Crippen molar-refractivity contribution < 1.29 is 19.1 Å². The molecule has 24 heavy (non-hydrogen) atoms. The summed E-state index contributed by atoms with van der Waals surface area (Å²) in [5.41, 5.74) is 1.86. The Kier molecular flexibility index (Phi) is 4.90. The molecule has 0 spiro atoms. The highest BCUT2D eigenvalue weighted by Crippen LogP contribution is 2.34. The molecule has 1 aliphatic heterocycles. The molecule has 1 amide bonds. The minimum atomic E-state index is -0.875. The second-order valence-electron chi connectivity index (χ2n) is 6.03. The van der Waals surface area contributed by atoms with Crippen LogP contribution < -0.4 is 0 Å². The van der Waals surface area contributed by atoms with Crippen LogP contribution in [-0.4, -0.2) is 35.0 Å². The average molecular weight is 348 g/mol. The van der Waals surface area contributed by atoms with E-state index < -0.39 is 11.9 Å². The fourth-order valence-electron chi connectivity index (χ4n) is 3.15. The van der Waals surface area contributed by atoms with E-state index in [1.807, 2.05) is 18.2 Å². The number of carbonyl (C=O) groups excluding carboxylic acids is 1. The number of nitrogens with zero attached hydrogens (tertiary/aromatic N) is 1. The molecule has 0 aliphatic carbocycles. The molecule has 2 aromatic rings. The maximum Gasteiger partial charge on any atom is 0.308 e. The van der Waals surface area contributed by atoms with Gasteiger partial charge in [-0.1, -0.05) is 23.7 Å². The quantitative estimate of drug-likeness (QED) is 0.901. The first kappa shape index (κ1) is 16.6. The highest BCUT2D eigenvalue weighted by Gasteiger charge is 2.40. The van der Waals surface area contributed by atoms with E-state index in [9.17, 15) is 14.7 Å². The van der Waals surface area contributed by atoms with Gasteiger partial charge in [-0.2, -0.15) is 0 Å². The van der Waals surface area contributed by atoms with E-state index in [0.717, 1.165) is 11.1 Å². The highest BCUT2D eigenvalue weighted by atomic mass is 35.5. The predicted octanol–water partition coefficient (Wildman–Crippen LogP) is 3.19. The zero-order valence-corrected chi connectivity index (χ0v) is 13.8. The second-order valence-corrected chi connectivity index (χ2v) is 6.47. The Morgan fingerprint density at radius 3 is 2.58 bits per heavy atom. The van der Waals surface area contributed by atoms with Crippen LogP contribution >= 0.6 is 11.6 Å². The van der Waals surface area contributed by atoms with Gasteiger partial charge in [0, 0.05) is 30.5 Å². The summed E-state index contributed by atoms with van der Waals surface area (Å²) < 4.78 is 4.99. The van der Waals surface area contributed by atoms with Gasteiger partial charge in [0.15, 0.2) is 0 Å². The fourth-order valence-corrected chi connectivity index (χ4v) is 3.28. The third kappa shape index (κ3) is 3.62. The van der Waals surface area contributed by atoms with Gasteiger partial charge >= 0.3 is 5.97 Å². The summed E-state index contributed by atoms with van der Waals surface area (Å²) in [6.07, 6.45) is 4.13. The Morgan fingerprint density at radius 2 is 1.96 bits per heavy atom. The first-order chi connectivity index (χ1) is 11.5. The van der Waals surface area contributed by atoms with E-state index >= 15 is 0 Å². The maximum atomic E-state index is 12.4. The van der Waals surface area contributed by atoms with Crippen molar-refractivity contribution in [3.8, 4) is 0 Å². The molecule has 1 aromatic heterocycles. The number of rotatable bonds is 5. The standard InChI is InChI=1S/C18H18ClNO4/c19-14-4-2-13(3-5-14)15-9-20(10-16(15)18(22)23)17(21)6-1-12-7-8-24-11-12/h2-5,7-8,11,15-16H,1,6,9-10H2,(H,22,23)/t15-,16+/m0/s1. The number of benzene rings is 1. The third-order valence-electron chi connectivity index (χ3n) is 4.50. The molecule has 1 fully saturated rings. The van der Waals surface area contributed by atoms with E-state index in [2.05, 4.69) is 0 Å². The molecule has 1 aromatic carbocycles. The number of hydrogen-bond donors (Lipinski definition) is 1. The smallest absolute Gasteiger partial charge is 0.308 e. The van der Waals surface area contributed by atoms with Crippen LogP contribution in [0.1, 0.15) is 23.5 Å². The van der Waals surface area contributed by atoms with E-state index in [4.69, 9.17) is 16.0 Å². The highest BCUT2D eigenvalue weighted by molar-refractivity contribution is 6.30. The predicted molar refractivity (Wildman–Crippen MR) is 88.9 cm³/mol. The summed E-state index contributed by atoms with van der Waals surface area (Å²) in [5.74, 6) is -1.71. The molecule has 2 atom stereocenters. The fraction of sp³-hybridized carbons (Fsp3) is 0.333. The van der Waals surface area contributed by atoms with E-state index in [1.54, 1.807) is 29.6 Å². The van der Waals surface area contributed by atoms with Crippen LogP contribution in [0.15, 0.2) is 47.3 Å². The summed E-state index contributed by atoms with van der Waals surface area (Å²) in [4.78, 5) is 25.7. The molecule has 1 saturated heterocycles. The number of amides is 1. The first-order valence-electron chi connectivity index (χ1n) is 7.81. The largest absolute Gasteiger partial charge is 0.481 e. The van der Waals surface area contributed by atoms with Crippen LogP contribution in [0.3, 0.4) is 0 Å². The lowest BCUT2D eigenvalue weighted by Gasteiger charge is -2.16. The van der Waals surface area contributed by atoms with Crippen LogP contribution in [0, 0.1) is 5.92 Å². The monoisotopic (exact) mass is 347 g/mol. The van der Waals surface area contributed by atoms with Crippen molar-refractivity contribution in [1.29, 1.82) is 0 Å². The topological polar surface area (TPSA) is 70.8 Å². The van der Waals surface area contributed by atoms with Crippen molar-refractivity contribution in [2.24, 2.45) is 5.92 Å². The molecule has 0 radical (unpaired) electrons. The van der Waals surface area contributed by atoms with Crippen LogP contribution in [0.2, 0.25) is 5.02 Å². The SMILES string of the molecule is O=C(O)[C@@H]1CN(C(=O)CCc2ccoc2)C[C@H]1c1ccc(Cl)cc1. The summed E-state index contributed by atoms with van der Waals surface area (Å²) in [6, 6.07) is 9.00. The zero-order valence-electron chi connectivity index (χ0n) is 13.0. The van der Waals surface area contributed by atoms with E-state index in [1.165, 1.54) is 0 Å². The van der Waals surface area contributed by atoms with Gasteiger partial charge in [0.05, 0.1) is 18.4 Å². The van der Waals surface area contributed by atoms with E-state index in [-0.39, 0.29) is 18.4 Å². The van der Waals surface area contributed by atoms with Crippen molar-refractivity contribution in [3.05, 3.63) is 59.0 Å². The Morgan fingerprint density at radius 1 is 1.21 bits per heavy atom. The molecule has 1 aliphatic rings. The molecule has 2 heterocycles. The van der Waals surface area contributed by atoms with Crippen LogP contribution in [-0.2, 0) is 16.0 Å². The summed E-state index contributed by atoms with van der Waals surface area (Å²) in [6.45, 7) is 0.662. The van der Waals surface area contributed by atoms with Gasteiger partial charge in [-0.05, 0) is 35.7 Å².